The summed E-state index contributed by atoms with van der Waals surface area (Å²) in [5.41, 5.74) is 6.63. The fraction of sp³-hybridized carbons (Fsp3) is 0.538. The standard InChI is InChI=1S/C13H20N2O2S/c1-2-18(16,17)12-7-4-3-6-11(12)15-10-13(14)8-5-9-13/h3-4,6-7,15H,2,5,8-10,14H2,1H3. The van der Waals surface area contributed by atoms with Crippen molar-refractivity contribution in [1.82, 2.24) is 0 Å². The molecule has 1 aromatic rings. The highest BCUT2D eigenvalue weighted by Gasteiger charge is 2.32. The summed E-state index contributed by atoms with van der Waals surface area (Å²) in [6, 6.07) is 7.02. The second kappa shape index (κ2) is 4.90. The molecule has 100 valence electrons. The van der Waals surface area contributed by atoms with Crippen molar-refractivity contribution in [2.24, 2.45) is 5.73 Å². The molecule has 0 spiro atoms. The van der Waals surface area contributed by atoms with Crippen LogP contribution in [0.25, 0.3) is 0 Å². The van der Waals surface area contributed by atoms with Crippen molar-refractivity contribution in [3.63, 3.8) is 0 Å². The van der Waals surface area contributed by atoms with Crippen molar-refractivity contribution in [2.45, 2.75) is 36.6 Å². The van der Waals surface area contributed by atoms with Gasteiger partial charge in [-0.3, -0.25) is 0 Å². The Hall–Kier alpha value is -1.07. The molecule has 0 atom stereocenters. The van der Waals surface area contributed by atoms with Crippen LogP contribution in [-0.2, 0) is 9.84 Å². The third kappa shape index (κ3) is 2.67. The molecular weight excluding hydrogens is 248 g/mol. The van der Waals surface area contributed by atoms with E-state index in [0.717, 1.165) is 19.3 Å². The minimum Gasteiger partial charge on any atom is -0.382 e. The summed E-state index contributed by atoms with van der Waals surface area (Å²) in [5, 5.41) is 3.19. The Bertz CT molecular complexity index is 522. The number of benzene rings is 1. The Kier molecular flexibility index (Phi) is 3.64. The Labute approximate surface area is 108 Å². The smallest absolute Gasteiger partial charge is 0.180 e. The minimum absolute atomic E-state index is 0.111. The first kappa shape index (κ1) is 13.4. The lowest BCUT2D eigenvalue weighted by Gasteiger charge is -2.38. The van der Waals surface area contributed by atoms with Gasteiger partial charge in [-0.2, -0.15) is 0 Å². The molecule has 0 heterocycles. The number of nitrogens with two attached hydrogens (primary N) is 1. The molecule has 0 aromatic heterocycles. The third-order valence-electron chi connectivity index (χ3n) is 3.58. The highest BCUT2D eigenvalue weighted by atomic mass is 32.2. The molecule has 5 heteroatoms. The summed E-state index contributed by atoms with van der Waals surface area (Å²) in [5.74, 6) is 0.111. The Morgan fingerprint density at radius 3 is 2.56 bits per heavy atom. The Morgan fingerprint density at radius 2 is 2.00 bits per heavy atom. The van der Waals surface area contributed by atoms with Crippen molar-refractivity contribution >= 4 is 15.5 Å². The molecule has 4 nitrogen and oxygen atoms in total. The van der Waals surface area contributed by atoms with Gasteiger partial charge < -0.3 is 11.1 Å². The Balaban J connectivity index is 2.18. The molecular formula is C13H20N2O2S. The van der Waals surface area contributed by atoms with Crippen molar-refractivity contribution in [3.05, 3.63) is 24.3 Å². The summed E-state index contributed by atoms with van der Waals surface area (Å²) in [6.07, 6.45) is 3.17. The molecule has 0 bridgehead atoms. The van der Waals surface area contributed by atoms with E-state index in [1.807, 2.05) is 6.07 Å². The quantitative estimate of drug-likeness (QED) is 0.853. The lowest BCUT2D eigenvalue weighted by atomic mass is 9.78. The highest BCUT2D eigenvalue weighted by Crippen LogP contribution is 2.30. The summed E-state index contributed by atoms with van der Waals surface area (Å²) >= 11 is 0. The second-order valence-electron chi connectivity index (χ2n) is 4.97. The molecule has 0 saturated heterocycles. The van der Waals surface area contributed by atoms with Gasteiger partial charge >= 0.3 is 0 Å². The number of sulfone groups is 1. The summed E-state index contributed by atoms with van der Waals surface area (Å²) < 4.78 is 23.9. The van der Waals surface area contributed by atoms with Gasteiger partial charge in [0.15, 0.2) is 9.84 Å². The van der Waals surface area contributed by atoms with Crippen LogP contribution in [0.5, 0.6) is 0 Å². The maximum absolute atomic E-state index is 12.0. The maximum Gasteiger partial charge on any atom is 0.180 e. The lowest BCUT2D eigenvalue weighted by Crippen LogP contribution is -2.52. The topological polar surface area (TPSA) is 72.2 Å². The lowest BCUT2D eigenvalue weighted by molar-refractivity contribution is 0.265. The molecule has 1 fully saturated rings. The van der Waals surface area contributed by atoms with Gasteiger partial charge in [-0.25, -0.2) is 8.42 Å². The zero-order chi connectivity index (χ0) is 13.2. The monoisotopic (exact) mass is 268 g/mol. The van der Waals surface area contributed by atoms with Crippen LogP contribution in [0, 0.1) is 0 Å². The van der Waals surface area contributed by atoms with Crippen molar-refractivity contribution in [3.8, 4) is 0 Å². The molecule has 0 unspecified atom stereocenters. The van der Waals surface area contributed by atoms with E-state index < -0.39 is 9.84 Å². The van der Waals surface area contributed by atoms with Crippen LogP contribution < -0.4 is 11.1 Å². The van der Waals surface area contributed by atoms with Gasteiger partial charge in [0, 0.05) is 12.1 Å². The fourth-order valence-electron chi connectivity index (χ4n) is 2.12. The van der Waals surface area contributed by atoms with E-state index >= 15 is 0 Å². The number of hydrogen-bond donors (Lipinski definition) is 2. The zero-order valence-corrected chi connectivity index (χ0v) is 11.5. The minimum atomic E-state index is -3.19. The first-order chi connectivity index (χ1) is 8.47. The number of hydrogen-bond acceptors (Lipinski definition) is 4. The van der Waals surface area contributed by atoms with E-state index in [4.69, 9.17) is 5.73 Å². The molecule has 1 saturated carbocycles. The molecule has 0 amide bonds. The summed E-state index contributed by atoms with van der Waals surface area (Å²) in [4.78, 5) is 0.371. The number of nitrogens with one attached hydrogen (secondary N) is 1. The van der Waals surface area contributed by atoms with Crippen LogP contribution in [-0.4, -0.2) is 26.3 Å². The average molecular weight is 268 g/mol. The van der Waals surface area contributed by atoms with Crippen LogP contribution in [0.2, 0.25) is 0 Å². The van der Waals surface area contributed by atoms with Gasteiger partial charge in [-0.15, -0.1) is 0 Å². The molecule has 1 aliphatic carbocycles. The fourth-order valence-corrected chi connectivity index (χ4v) is 3.19. The van der Waals surface area contributed by atoms with Crippen LogP contribution >= 0.6 is 0 Å². The molecule has 1 aromatic carbocycles. The zero-order valence-electron chi connectivity index (χ0n) is 10.6. The second-order valence-corrected chi connectivity index (χ2v) is 7.22. The maximum atomic E-state index is 12.0. The predicted molar refractivity (Wildman–Crippen MR) is 73.4 cm³/mol. The van der Waals surface area contributed by atoms with Gasteiger partial charge in [0.1, 0.15) is 0 Å². The predicted octanol–water partition coefficient (Wildman–Crippen LogP) is 1.77. The van der Waals surface area contributed by atoms with Crippen LogP contribution in [0.4, 0.5) is 5.69 Å². The number of anilines is 1. The molecule has 2 rings (SSSR count). The number of rotatable bonds is 5. The first-order valence-electron chi connectivity index (χ1n) is 6.31. The van der Waals surface area contributed by atoms with Crippen LogP contribution in [0.3, 0.4) is 0 Å². The van der Waals surface area contributed by atoms with E-state index in [1.165, 1.54) is 0 Å². The van der Waals surface area contributed by atoms with E-state index in [9.17, 15) is 8.42 Å². The molecule has 0 radical (unpaired) electrons. The van der Waals surface area contributed by atoms with Gasteiger partial charge in [0.2, 0.25) is 0 Å². The molecule has 3 N–H and O–H groups in total. The Morgan fingerprint density at radius 1 is 1.33 bits per heavy atom. The van der Waals surface area contributed by atoms with Crippen LogP contribution in [0.15, 0.2) is 29.2 Å². The van der Waals surface area contributed by atoms with Gasteiger partial charge in [-0.05, 0) is 31.4 Å². The van der Waals surface area contributed by atoms with Crippen molar-refractivity contribution in [2.75, 3.05) is 17.6 Å². The third-order valence-corrected chi connectivity index (χ3v) is 5.37. The molecule has 1 aliphatic rings. The molecule has 0 aliphatic heterocycles. The SMILES string of the molecule is CCS(=O)(=O)c1ccccc1NCC1(N)CCC1. The normalized spacial score (nSPS) is 18.1. The van der Waals surface area contributed by atoms with E-state index in [0.29, 0.717) is 17.1 Å². The largest absolute Gasteiger partial charge is 0.382 e. The van der Waals surface area contributed by atoms with Crippen molar-refractivity contribution < 1.29 is 8.42 Å². The van der Waals surface area contributed by atoms with E-state index in [-0.39, 0.29) is 11.3 Å². The van der Waals surface area contributed by atoms with Gasteiger partial charge in [-0.1, -0.05) is 19.1 Å². The number of para-hydroxylation sites is 1. The van der Waals surface area contributed by atoms with Gasteiger partial charge in [0.25, 0.3) is 0 Å². The average Bonchev–Trinajstić information content (AvgIpc) is 2.34. The summed E-state index contributed by atoms with van der Waals surface area (Å²) in [6.45, 7) is 2.28. The first-order valence-corrected chi connectivity index (χ1v) is 7.97. The van der Waals surface area contributed by atoms with E-state index in [1.54, 1.807) is 25.1 Å². The van der Waals surface area contributed by atoms with Crippen LogP contribution in [0.1, 0.15) is 26.2 Å². The van der Waals surface area contributed by atoms with E-state index in [2.05, 4.69) is 5.32 Å². The highest BCUT2D eigenvalue weighted by molar-refractivity contribution is 7.91. The van der Waals surface area contributed by atoms with Crippen molar-refractivity contribution in [1.29, 1.82) is 0 Å². The van der Waals surface area contributed by atoms with Gasteiger partial charge in [0.05, 0.1) is 16.3 Å². The molecule has 18 heavy (non-hydrogen) atoms. The summed E-state index contributed by atoms with van der Waals surface area (Å²) in [7, 11) is -3.19.